The zero-order valence-electron chi connectivity index (χ0n) is 23.7. The summed E-state index contributed by atoms with van der Waals surface area (Å²) in [6.07, 6.45) is 1.54. The third-order valence-corrected chi connectivity index (χ3v) is 7.51. The molecule has 1 aliphatic heterocycles. The van der Waals surface area contributed by atoms with Crippen LogP contribution >= 0.6 is 11.6 Å². The van der Waals surface area contributed by atoms with Gasteiger partial charge in [-0.25, -0.2) is 5.43 Å². The first-order chi connectivity index (χ1) is 20.9. The number of hydrogen-bond donors (Lipinski definition) is 2. The van der Waals surface area contributed by atoms with Gasteiger partial charge in [0.25, 0.3) is 11.8 Å². The van der Waals surface area contributed by atoms with Gasteiger partial charge < -0.3 is 29.1 Å². The maximum absolute atomic E-state index is 13.0. The van der Waals surface area contributed by atoms with E-state index in [1.165, 1.54) is 24.4 Å². The average molecular weight is 603 g/mol. The van der Waals surface area contributed by atoms with Crippen molar-refractivity contribution < 1.29 is 28.9 Å². The van der Waals surface area contributed by atoms with Crippen molar-refractivity contribution in [2.45, 2.75) is 0 Å². The van der Waals surface area contributed by atoms with Crippen LogP contribution in [-0.4, -0.2) is 75.0 Å². The standard InChI is InChI=1S/C32H31ClN4O6/c1-41-23-9-10-27(30(18-23)42-2)36-13-15-37(16-14-36)31(39)20-43-29-12-8-22(24-5-3-4-6-25(24)29)19-34-35-32(40)21-7-11-28(38)26(33)17-21/h3-12,17-19,38H,13-16,20H2,1-2H3,(H,35,40)/b34-19+. The summed E-state index contributed by atoms with van der Waals surface area (Å²) in [4.78, 5) is 29.4. The number of rotatable bonds is 9. The first-order valence-corrected chi connectivity index (χ1v) is 14.0. The Morgan fingerprint density at radius 3 is 2.42 bits per heavy atom. The molecule has 11 heteroatoms. The molecule has 0 radical (unpaired) electrons. The minimum atomic E-state index is -0.468. The number of fused-ring (bicyclic) bond motifs is 1. The molecule has 0 aromatic heterocycles. The number of aromatic hydroxyl groups is 1. The zero-order valence-corrected chi connectivity index (χ0v) is 24.5. The molecule has 10 nitrogen and oxygen atoms in total. The van der Waals surface area contributed by atoms with Crippen molar-refractivity contribution >= 4 is 46.1 Å². The van der Waals surface area contributed by atoms with Crippen LogP contribution in [-0.2, 0) is 4.79 Å². The van der Waals surface area contributed by atoms with E-state index in [4.69, 9.17) is 25.8 Å². The van der Waals surface area contributed by atoms with Crippen LogP contribution in [0.25, 0.3) is 10.8 Å². The Morgan fingerprint density at radius 2 is 1.70 bits per heavy atom. The highest BCUT2D eigenvalue weighted by Gasteiger charge is 2.24. The number of nitrogens with one attached hydrogen (secondary N) is 1. The maximum atomic E-state index is 13.0. The summed E-state index contributed by atoms with van der Waals surface area (Å²) in [6.45, 7) is 2.38. The first kappa shape index (κ1) is 29.5. The predicted molar refractivity (Wildman–Crippen MR) is 166 cm³/mol. The Morgan fingerprint density at radius 1 is 0.930 bits per heavy atom. The number of carbonyl (C=O) groups is 2. The highest BCUT2D eigenvalue weighted by atomic mass is 35.5. The molecule has 0 spiro atoms. The van der Waals surface area contributed by atoms with Crippen LogP contribution in [0.5, 0.6) is 23.0 Å². The minimum absolute atomic E-state index is 0.0770. The fourth-order valence-corrected chi connectivity index (χ4v) is 5.06. The lowest BCUT2D eigenvalue weighted by Crippen LogP contribution is -2.50. The zero-order chi connectivity index (χ0) is 30.3. The lowest BCUT2D eigenvalue weighted by Gasteiger charge is -2.36. The Hall–Kier alpha value is -4.96. The molecule has 0 bridgehead atoms. The van der Waals surface area contributed by atoms with Crippen molar-refractivity contribution in [3.63, 3.8) is 0 Å². The SMILES string of the molecule is COc1ccc(N2CCN(C(=O)COc3ccc(/C=N/NC(=O)c4ccc(O)c(Cl)c4)c4ccccc34)CC2)c(OC)c1. The van der Waals surface area contributed by atoms with Crippen LogP contribution < -0.4 is 24.5 Å². The Balaban J connectivity index is 1.19. The first-order valence-electron chi connectivity index (χ1n) is 13.6. The number of phenolic OH excluding ortho intramolecular Hbond substituents is 1. The van der Waals surface area contributed by atoms with Gasteiger partial charge in [0.1, 0.15) is 23.0 Å². The van der Waals surface area contributed by atoms with Crippen molar-refractivity contribution in [1.82, 2.24) is 10.3 Å². The summed E-state index contributed by atoms with van der Waals surface area (Å²) >= 11 is 5.89. The number of amides is 2. The van der Waals surface area contributed by atoms with E-state index in [-0.39, 0.29) is 28.8 Å². The second-order valence-electron chi connectivity index (χ2n) is 9.76. The quantitative estimate of drug-likeness (QED) is 0.211. The minimum Gasteiger partial charge on any atom is -0.506 e. The van der Waals surface area contributed by atoms with Crippen LogP contribution in [0, 0.1) is 0 Å². The fraction of sp³-hybridized carbons (Fsp3) is 0.219. The number of anilines is 1. The molecule has 0 unspecified atom stereocenters. The summed E-state index contributed by atoms with van der Waals surface area (Å²) in [5.74, 6) is 1.36. The van der Waals surface area contributed by atoms with E-state index in [1.54, 1.807) is 25.2 Å². The van der Waals surface area contributed by atoms with Gasteiger partial charge in [-0.05, 0) is 47.9 Å². The molecule has 1 saturated heterocycles. The number of benzene rings is 4. The summed E-state index contributed by atoms with van der Waals surface area (Å²) in [7, 11) is 3.25. The van der Waals surface area contributed by atoms with Gasteiger partial charge in [0.05, 0.1) is 31.1 Å². The largest absolute Gasteiger partial charge is 0.506 e. The Bertz CT molecular complexity index is 1670. The molecule has 43 heavy (non-hydrogen) atoms. The topological polar surface area (TPSA) is 113 Å². The van der Waals surface area contributed by atoms with E-state index in [0.29, 0.717) is 31.9 Å². The van der Waals surface area contributed by atoms with Gasteiger partial charge in [-0.2, -0.15) is 5.10 Å². The number of methoxy groups -OCH3 is 2. The van der Waals surface area contributed by atoms with Crippen molar-refractivity contribution in [1.29, 1.82) is 0 Å². The van der Waals surface area contributed by atoms with E-state index < -0.39 is 5.91 Å². The van der Waals surface area contributed by atoms with Crippen LogP contribution in [0.1, 0.15) is 15.9 Å². The van der Waals surface area contributed by atoms with Gasteiger partial charge in [-0.15, -0.1) is 0 Å². The molecule has 4 aromatic rings. The molecule has 0 aliphatic carbocycles. The lowest BCUT2D eigenvalue weighted by molar-refractivity contribution is -0.133. The van der Waals surface area contributed by atoms with Crippen LogP contribution in [0.3, 0.4) is 0 Å². The van der Waals surface area contributed by atoms with Gasteiger partial charge in [0.15, 0.2) is 6.61 Å². The number of ether oxygens (including phenoxy) is 3. The van der Waals surface area contributed by atoms with Gasteiger partial charge in [-0.3, -0.25) is 9.59 Å². The second kappa shape index (κ2) is 13.3. The molecule has 1 heterocycles. The van der Waals surface area contributed by atoms with Crippen LogP contribution in [0.2, 0.25) is 5.02 Å². The number of hydrazone groups is 1. The van der Waals surface area contributed by atoms with Gasteiger partial charge in [-0.1, -0.05) is 35.9 Å². The van der Waals surface area contributed by atoms with E-state index in [2.05, 4.69) is 15.4 Å². The summed E-state index contributed by atoms with van der Waals surface area (Å²) in [5.41, 5.74) is 4.45. The lowest BCUT2D eigenvalue weighted by atomic mass is 10.0. The molecule has 5 rings (SSSR count). The molecule has 0 saturated carbocycles. The number of phenols is 1. The third-order valence-electron chi connectivity index (χ3n) is 7.21. The number of piperazine rings is 1. The van der Waals surface area contributed by atoms with Crippen molar-refractivity contribution in [3.8, 4) is 23.0 Å². The van der Waals surface area contributed by atoms with Crippen molar-refractivity contribution in [2.24, 2.45) is 5.10 Å². The highest BCUT2D eigenvalue weighted by molar-refractivity contribution is 6.32. The summed E-state index contributed by atoms with van der Waals surface area (Å²) in [6, 6.07) is 21.1. The third kappa shape index (κ3) is 6.76. The smallest absolute Gasteiger partial charge is 0.271 e. The second-order valence-corrected chi connectivity index (χ2v) is 10.2. The molecular weight excluding hydrogens is 572 g/mol. The Labute approximate surface area is 254 Å². The van der Waals surface area contributed by atoms with Crippen LogP contribution in [0.4, 0.5) is 5.69 Å². The maximum Gasteiger partial charge on any atom is 0.271 e. The molecule has 2 N–H and O–H groups in total. The molecule has 1 fully saturated rings. The molecule has 0 atom stereocenters. The number of halogens is 1. The van der Waals surface area contributed by atoms with Crippen molar-refractivity contribution in [3.05, 3.63) is 88.9 Å². The number of hydrogen-bond acceptors (Lipinski definition) is 8. The highest BCUT2D eigenvalue weighted by Crippen LogP contribution is 2.33. The fourth-order valence-electron chi connectivity index (χ4n) is 4.88. The Kier molecular flexibility index (Phi) is 9.17. The molecule has 1 aliphatic rings. The van der Waals surface area contributed by atoms with Gasteiger partial charge in [0, 0.05) is 48.8 Å². The van der Waals surface area contributed by atoms with E-state index in [0.717, 1.165) is 33.5 Å². The summed E-state index contributed by atoms with van der Waals surface area (Å²) in [5, 5.41) is 15.4. The molecule has 2 amide bonds. The normalized spacial score (nSPS) is 13.3. The van der Waals surface area contributed by atoms with E-state index in [1.807, 2.05) is 48.5 Å². The van der Waals surface area contributed by atoms with Crippen molar-refractivity contribution in [2.75, 3.05) is 51.9 Å². The molecule has 222 valence electrons. The molecule has 4 aromatic carbocycles. The monoisotopic (exact) mass is 602 g/mol. The molecular formula is C32H31ClN4O6. The van der Waals surface area contributed by atoms with Crippen LogP contribution in [0.15, 0.2) is 77.9 Å². The predicted octanol–water partition coefficient (Wildman–Crippen LogP) is 4.71. The number of carbonyl (C=O) groups excluding carboxylic acids is 2. The van der Waals surface area contributed by atoms with Gasteiger partial charge >= 0.3 is 0 Å². The number of nitrogens with zero attached hydrogens (tertiary/aromatic N) is 3. The average Bonchev–Trinajstić information content (AvgIpc) is 3.05. The van der Waals surface area contributed by atoms with E-state index in [9.17, 15) is 14.7 Å². The summed E-state index contributed by atoms with van der Waals surface area (Å²) < 4.78 is 16.8. The van der Waals surface area contributed by atoms with Gasteiger partial charge in [0.2, 0.25) is 0 Å². The van der Waals surface area contributed by atoms with E-state index >= 15 is 0 Å².